The largest absolute Gasteiger partial charge is 0.493 e. The van der Waals surface area contributed by atoms with Gasteiger partial charge in [0.15, 0.2) is 0 Å². The molecule has 0 bridgehead atoms. The molecule has 1 aliphatic carbocycles. The fraction of sp³-hybridized carbons (Fsp3) is 0.556. The van der Waals surface area contributed by atoms with Crippen molar-refractivity contribution < 1.29 is 13.9 Å². The van der Waals surface area contributed by atoms with Crippen LogP contribution in [0.2, 0.25) is 0 Å². The summed E-state index contributed by atoms with van der Waals surface area (Å²) in [5.41, 5.74) is 0.560. The van der Waals surface area contributed by atoms with Crippen molar-refractivity contribution in [1.82, 2.24) is 0 Å². The van der Waals surface area contributed by atoms with Crippen molar-refractivity contribution in [3.8, 4) is 5.75 Å². The average Bonchev–Trinajstić information content (AvgIpc) is 2.49. The lowest BCUT2D eigenvalue weighted by molar-refractivity contribution is 0.181. The van der Waals surface area contributed by atoms with Crippen molar-refractivity contribution in [2.24, 2.45) is 11.8 Å². The van der Waals surface area contributed by atoms with E-state index >= 15 is 0 Å². The molecule has 0 spiro atoms. The number of hydrogen-bond donors (Lipinski definition) is 0. The molecule has 0 heterocycles. The van der Waals surface area contributed by atoms with Crippen molar-refractivity contribution >= 4 is 0 Å². The molecule has 116 valence electrons. The standard InChI is InChI=1S/C18H25FO2/c1-3-4-14-5-7-15(8-6-14)12-21-17-10-9-16(13-20-2)18(19)11-17/h5,7,9-11,14-15H,3-4,6,8,12-13H2,1-2H3. The van der Waals surface area contributed by atoms with Crippen LogP contribution in [0.25, 0.3) is 0 Å². The van der Waals surface area contributed by atoms with E-state index in [-0.39, 0.29) is 12.4 Å². The van der Waals surface area contributed by atoms with Crippen LogP contribution in [0.1, 0.15) is 38.2 Å². The van der Waals surface area contributed by atoms with Gasteiger partial charge < -0.3 is 9.47 Å². The number of rotatable bonds is 7. The summed E-state index contributed by atoms with van der Waals surface area (Å²) in [5, 5.41) is 0. The van der Waals surface area contributed by atoms with Gasteiger partial charge in [-0.05, 0) is 31.2 Å². The van der Waals surface area contributed by atoms with Gasteiger partial charge in [-0.25, -0.2) is 4.39 Å². The molecule has 0 fully saturated rings. The molecule has 0 radical (unpaired) electrons. The molecule has 1 aliphatic rings. The highest BCUT2D eigenvalue weighted by molar-refractivity contribution is 5.28. The van der Waals surface area contributed by atoms with Gasteiger partial charge in [-0.2, -0.15) is 0 Å². The number of methoxy groups -OCH3 is 1. The molecule has 0 aliphatic heterocycles. The molecule has 1 aromatic carbocycles. The lowest BCUT2D eigenvalue weighted by Gasteiger charge is -2.22. The highest BCUT2D eigenvalue weighted by Gasteiger charge is 2.16. The van der Waals surface area contributed by atoms with Crippen LogP contribution >= 0.6 is 0 Å². The Bertz CT molecular complexity index is 470. The van der Waals surface area contributed by atoms with Gasteiger partial charge in [0, 0.05) is 24.7 Å². The van der Waals surface area contributed by atoms with E-state index in [0.29, 0.717) is 23.8 Å². The second kappa shape index (κ2) is 8.18. The molecule has 2 unspecified atom stereocenters. The summed E-state index contributed by atoms with van der Waals surface area (Å²) < 4.78 is 24.4. The third-order valence-corrected chi connectivity index (χ3v) is 4.01. The molecule has 2 atom stereocenters. The summed E-state index contributed by atoms with van der Waals surface area (Å²) in [6, 6.07) is 4.98. The van der Waals surface area contributed by atoms with E-state index < -0.39 is 0 Å². The third-order valence-electron chi connectivity index (χ3n) is 4.01. The van der Waals surface area contributed by atoms with Gasteiger partial charge in [-0.1, -0.05) is 31.6 Å². The highest BCUT2D eigenvalue weighted by atomic mass is 19.1. The van der Waals surface area contributed by atoms with Crippen LogP contribution in [-0.2, 0) is 11.3 Å². The van der Waals surface area contributed by atoms with Crippen LogP contribution in [0.5, 0.6) is 5.75 Å². The van der Waals surface area contributed by atoms with E-state index in [0.717, 1.165) is 12.3 Å². The van der Waals surface area contributed by atoms with Crippen molar-refractivity contribution in [3.63, 3.8) is 0 Å². The lowest BCUT2D eigenvalue weighted by atomic mass is 9.86. The average molecular weight is 292 g/mol. The van der Waals surface area contributed by atoms with E-state index in [9.17, 15) is 4.39 Å². The predicted molar refractivity (Wildman–Crippen MR) is 82.9 cm³/mol. The zero-order valence-corrected chi connectivity index (χ0v) is 13.0. The first-order valence-corrected chi connectivity index (χ1v) is 7.81. The van der Waals surface area contributed by atoms with Crippen molar-refractivity contribution in [2.45, 2.75) is 39.2 Å². The van der Waals surface area contributed by atoms with Gasteiger partial charge in [0.1, 0.15) is 11.6 Å². The van der Waals surface area contributed by atoms with Crippen LogP contribution in [0, 0.1) is 17.7 Å². The summed E-state index contributed by atoms with van der Waals surface area (Å²) in [5.74, 6) is 1.50. The molecule has 0 amide bonds. The zero-order chi connectivity index (χ0) is 15.1. The molecule has 1 aromatic rings. The SMILES string of the molecule is CCCC1C=CC(COc2ccc(COC)c(F)c2)CC1. The Morgan fingerprint density at radius 1 is 1.19 bits per heavy atom. The quantitative estimate of drug-likeness (QED) is 0.676. The van der Waals surface area contributed by atoms with Crippen LogP contribution in [0.15, 0.2) is 30.4 Å². The maximum Gasteiger partial charge on any atom is 0.132 e. The van der Waals surface area contributed by atoms with E-state index in [1.54, 1.807) is 13.2 Å². The topological polar surface area (TPSA) is 18.5 Å². The summed E-state index contributed by atoms with van der Waals surface area (Å²) in [4.78, 5) is 0. The number of allylic oxidation sites excluding steroid dienone is 1. The number of ether oxygens (including phenoxy) is 2. The molecule has 2 nitrogen and oxygen atoms in total. The smallest absolute Gasteiger partial charge is 0.132 e. The summed E-state index contributed by atoms with van der Waals surface area (Å²) in [6.45, 7) is 3.14. The Hall–Kier alpha value is -1.35. The van der Waals surface area contributed by atoms with Crippen LogP contribution in [-0.4, -0.2) is 13.7 Å². The maximum atomic E-state index is 13.8. The van der Waals surface area contributed by atoms with E-state index in [2.05, 4.69) is 19.1 Å². The van der Waals surface area contributed by atoms with Gasteiger partial charge in [-0.3, -0.25) is 0 Å². The normalized spacial score (nSPS) is 21.5. The minimum Gasteiger partial charge on any atom is -0.493 e. The zero-order valence-electron chi connectivity index (χ0n) is 13.0. The monoisotopic (exact) mass is 292 g/mol. The highest BCUT2D eigenvalue weighted by Crippen LogP contribution is 2.26. The van der Waals surface area contributed by atoms with Crippen LogP contribution in [0.3, 0.4) is 0 Å². The van der Waals surface area contributed by atoms with Gasteiger partial charge in [-0.15, -0.1) is 0 Å². The molecule has 21 heavy (non-hydrogen) atoms. The van der Waals surface area contributed by atoms with Gasteiger partial charge in [0.2, 0.25) is 0 Å². The van der Waals surface area contributed by atoms with Gasteiger partial charge >= 0.3 is 0 Å². The summed E-state index contributed by atoms with van der Waals surface area (Å²) >= 11 is 0. The fourth-order valence-electron chi connectivity index (χ4n) is 2.78. The molecule has 0 N–H and O–H groups in total. The minimum absolute atomic E-state index is 0.267. The molecule has 0 aromatic heterocycles. The van der Waals surface area contributed by atoms with Crippen molar-refractivity contribution in [3.05, 3.63) is 41.7 Å². The molecule has 0 saturated carbocycles. The Balaban J connectivity index is 1.83. The molecule has 3 heteroatoms. The number of hydrogen-bond acceptors (Lipinski definition) is 2. The van der Waals surface area contributed by atoms with Crippen LogP contribution in [0.4, 0.5) is 4.39 Å². The first kappa shape index (κ1) is 16.0. The Morgan fingerprint density at radius 3 is 2.57 bits per heavy atom. The molecule has 2 rings (SSSR count). The second-order valence-electron chi connectivity index (χ2n) is 5.77. The minimum atomic E-state index is -0.267. The van der Waals surface area contributed by atoms with Crippen LogP contribution < -0.4 is 4.74 Å². The molecular formula is C18H25FO2. The van der Waals surface area contributed by atoms with Gasteiger partial charge in [0.05, 0.1) is 13.2 Å². The Kier molecular flexibility index (Phi) is 6.24. The van der Waals surface area contributed by atoms with E-state index in [1.165, 1.54) is 25.3 Å². The fourth-order valence-corrected chi connectivity index (χ4v) is 2.78. The van der Waals surface area contributed by atoms with Crippen molar-refractivity contribution in [1.29, 1.82) is 0 Å². The summed E-state index contributed by atoms with van der Waals surface area (Å²) in [6.07, 6.45) is 9.49. The predicted octanol–water partition coefficient (Wildman–Crippen LogP) is 4.73. The number of benzene rings is 1. The first-order chi connectivity index (χ1) is 10.2. The maximum absolute atomic E-state index is 13.8. The first-order valence-electron chi connectivity index (χ1n) is 7.81. The van der Waals surface area contributed by atoms with Crippen molar-refractivity contribution in [2.75, 3.05) is 13.7 Å². The lowest BCUT2D eigenvalue weighted by Crippen LogP contribution is -2.15. The van der Waals surface area contributed by atoms with E-state index in [4.69, 9.17) is 9.47 Å². The second-order valence-corrected chi connectivity index (χ2v) is 5.77. The van der Waals surface area contributed by atoms with E-state index in [1.807, 2.05) is 6.07 Å². The molecule has 0 saturated heterocycles. The Labute approximate surface area is 127 Å². The third kappa shape index (κ3) is 4.85. The summed E-state index contributed by atoms with van der Waals surface area (Å²) in [7, 11) is 1.56. The van der Waals surface area contributed by atoms with Gasteiger partial charge in [0.25, 0.3) is 0 Å². The Morgan fingerprint density at radius 2 is 1.95 bits per heavy atom. The molecular weight excluding hydrogens is 267 g/mol. The number of halogens is 1.